The number of hydrogen-bond donors (Lipinski definition) is 0. The van der Waals surface area contributed by atoms with E-state index in [1.807, 2.05) is 0 Å². The second-order valence-electron chi connectivity index (χ2n) is 6.98. The first-order chi connectivity index (χ1) is 9.50. The number of hydrogen-bond acceptors (Lipinski definition) is 0. The summed E-state index contributed by atoms with van der Waals surface area (Å²) < 4.78 is 12.5. The average Bonchev–Trinajstić information content (AvgIpc) is 2.27. The second-order valence-corrected chi connectivity index (χ2v) is 16.9. The van der Waals surface area contributed by atoms with Crippen LogP contribution >= 0.6 is 0 Å². The Morgan fingerprint density at radius 2 is 0.952 bits per heavy atom. The first-order valence-electron chi connectivity index (χ1n) is 7.90. The van der Waals surface area contributed by atoms with E-state index in [2.05, 4.69) is 58.9 Å². The molecule has 1 aliphatic carbocycles. The van der Waals surface area contributed by atoms with E-state index in [-0.39, 0.29) is 31.0 Å². The summed E-state index contributed by atoms with van der Waals surface area (Å²) in [6.07, 6.45) is 5.68. The maximum absolute atomic E-state index is 12.5. The molecule has 0 saturated heterocycles. The normalized spacial score (nSPS) is 13.7. The summed E-state index contributed by atoms with van der Waals surface area (Å²) in [5, 5.41) is 0. The minimum absolute atomic E-state index is 0.0645. The molecular weight excluding hydrogens is 368 g/mol. The van der Waals surface area contributed by atoms with E-state index in [0.717, 1.165) is 18.4 Å². The summed E-state index contributed by atoms with van der Waals surface area (Å²) in [7, 11) is 0.361. The van der Waals surface area contributed by atoms with Crippen molar-refractivity contribution in [3.8, 4) is 0 Å². The van der Waals surface area contributed by atoms with Gasteiger partial charge >= 0.3 is 63.2 Å². The van der Waals surface area contributed by atoms with Crippen LogP contribution in [0.1, 0.15) is 32.1 Å². The third-order valence-corrected chi connectivity index (χ3v) is 2.51. The molecule has 5 heteroatoms. The van der Waals surface area contributed by atoms with Crippen molar-refractivity contribution in [2.24, 2.45) is 0 Å². The van der Waals surface area contributed by atoms with Crippen molar-refractivity contribution < 1.29 is 4.39 Å². The Bertz CT molecular complexity index is 207. The van der Waals surface area contributed by atoms with Gasteiger partial charge in [-0.15, -0.1) is 0 Å². The van der Waals surface area contributed by atoms with Crippen molar-refractivity contribution in [1.82, 2.24) is 0 Å². The summed E-state index contributed by atoms with van der Waals surface area (Å²) in [4.78, 5) is 0. The zero-order valence-corrected chi connectivity index (χ0v) is 21.0. The fourth-order valence-corrected chi connectivity index (χ4v) is 1.72. The van der Waals surface area contributed by atoms with Gasteiger partial charge in [0.25, 0.3) is 0 Å². The Morgan fingerprint density at radius 3 is 1.10 bits per heavy atom. The Hall–Kier alpha value is 0.864. The van der Waals surface area contributed by atoms with Gasteiger partial charge in [-0.2, -0.15) is 0 Å². The molecule has 0 amide bonds. The van der Waals surface area contributed by atoms with Gasteiger partial charge in [-0.25, -0.2) is 0 Å². The molecule has 21 heavy (non-hydrogen) atoms. The van der Waals surface area contributed by atoms with Crippen LogP contribution in [0.15, 0.2) is 10.2 Å². The Balaban J connectivity index is -0.000000230. The van der Waals surface area contributed by atoms with Crippen molar-refractivity contribution in [1.29, 1.82) is 0 Å². The van der Waals surface area contributed by atoms with Crippen molar-refractivity contribution >= 4 is 42.9 Å². The van der Waals surface area contributed by atoms with Crippen LogP contribution in [0.3, 0.4) is 0 Å². The summed E-state index contributed by atoms with van der Waals surface area (Å²) in [6.45, 7) is 20.4. The predicted molar refractivity (Wildman–Crippen MR) is 107 cm³/mol. The number of halogens is 1. The van der Waals surface area contributed by atoms with E-state index in [1.165, 1.54) is 19.3 Å². The first-order valence-corrected chi connectivity index (χ1v) is 17.9. The topological polar surface area (TPSA) is 0 Å². The Labute approximate surface area is 148 Å². The van der Waals surface area contributed by atoms with Gasteiger partial charge in [-0.3, -0.25) is 0 Å². The van der Waals surface area contributed by atoms with Crippen LogP contribution in [0.2, 0.25) is 58.9 Å². The van der Waals surface area contributed by atoms with E-state index in [1.54, 1.807) is 16.5 Å². The molecule has 0 unspecified atom stereocenters. The summed E-state index contributed by atoms with van der Waals surface area (Å²) >= 11 is 1.57. The van der Waals surface area contributed by atoms with Crippen LogP contribution in [0, 0.1) is 0 Å². The predicted octanol–water partition coefficient (Wildman–Crippen LogP) is 6.41. The molecule has 1 saturated carbocycles. The molecule has 6 radical (unpaired) electrons. The third kappa shape index (κ3) is 44.9. The van der Waals surface area contributed by atoms with E-state index in [4.69, 9.17) is 0 Å². The molecule has 0 N–H and O–H groups in total. The van der Waals surface area contributed by atoms with Gasteiger partial charge in [0.2, 0.25) is 0 Å². The number of allylic oxidation sites excluding steroid dienone is 1. The molecule has 0 atom stereocenters. The molecule has 1 rings (SSSR count). The molecule has 1 fully saturated rings. The van der Waals surface area contributed by atoms with Gasteiger partial charge in [0.05, 0.1) is 0 Å². The number of rotatable bonds is 0. The van der Waals surface area contributed by atoms with Gasteiger partial charge in [-0.1, -0.05) is 58.9 Å². The molecule has 0 aromatic rings. The van der Waals surface area contributed by atoms with Crippen LogP contribution in [-0.4, -0.2) is 42.9 Å². The molecule has 0 aromatic carbocycles. The maximum atomic E-state index is 12.5. The zero-order chi connectivity index (χ0) is 17.4. The third-order valence-electron chi connectivity index (χ3n) is 1.77. The SMILES string of the molecule is C[Si](C)C.C[Si](C)C.C[Si](C)C.F[C]([Ge])=C1CCCCC1. The summed E-state index contributed by atoms with van der Waals surface area (Å²) in [5.41, 5.74) is 1.06. The van der Waals surface area contributed by atoms with Crippen molar-refractivity contribution in [2.45, 2.75) is 91.0 Å². The van der Waals surface area contributed by atoms with Crippen LogP contribution in [-0.2, 0) is 0 Å². The summed E-state index contributed by atoms with van der Waals surface area (Å²) in [6, 6.07) is 0. The van der Waals surface area contributed by atoms with Gasteiger partial charge < -0.3 is 0 Å². The molecule has 0 nitrogen and oxygen atoms in total. The fourth-order valence-electron chi connectivity index (χ4n) is 1.20. The molecule has 0 aromatic heterocycles. The molecule has 1 aliphatic rings. The van der Waals surface area contributed by atoms with Gasteiger partial charge in [0.15, 0.2) is 0 Å². The van der Waals surface area contributed by atoms with Gasteiger partial charge in [0, 0.05) is 26.4 Å². The molecule has 0 spiro atoms. The standard InChI is InChI=1S/C7H10FGe.3C3H9Si/c8-7(9)6-4-2-1-3-5-6;3*1-4(2)3/h1-5H2;3*1-3H3. The van der Waals surface area contributed by atoms with Crippen molar-refractivity contribution in [3.05, 3.63) is 10.2 Å². The molecular formula is C16H37FGeSi3. The molecule has 124 valence electrons. The fraction of sp³-hybridized carbons (Fsp3) is 0.875. The monoisotopic (exact) mass is 406 g/mol. The van der Waals surface area contributed by atoms with Crippen LogP contribution in [0.4, 0.5) is 4.39 Å². The second kappa shape index (κ2) is 18.9. The Morgan fingerprint density at radius 1 is 0.714 bits per heavy atom. The first kappa shape index (κ1) is 26.7. The van der Waals surface area contributed by atoms with E-state index >= 15 is 0 Å². The van der Waals surface area contributed by atoms with Crippen LogP contribution < -0.4 is 0 Å². The van der Waals surface area contributed by atoms with E-state index in [0.29, 0.717) is 0 Å². The zero-order valence-electron chi connectivity index (χ0n) is 15.9. The Kier molecular flexibility index (Phi) is 24.1. The van der Waals surface area contributed by atoms with Crippen molar-refractivity contribution in [2.75, 3.05) is 0 Å². The summed E-state index contributed by atoms with van der Waals surface area (Å²) in [5.74, 6) is 0. The van der Waals surface area contributed by atoms with E-state index in [9.17, 15) is 4.39 Å². The van der Waals surface area contributed by atoms with Crippen LogP contribution in [0.5, 0.6) is 0 Å². The average molecular weight is 405 g/mol. The quantitative estimate of drug-likeness (QED) is 0.409. The van der Waals surface area contributed by atoms with Gasteiger partial charge in [-0.05, 0) is 0 Å². The van der Waals surface area contributed by atoms with Gasteiger partial charge in [0.1, 0.15) is 0 Å². The minimum atomic E-state index is 0.0645. The molecule has 0 aliphatic heterocycles. The van der Waals surface area contributed by atoms with Crippen LogP contribution in [0.25, 0.3) is 0 Å². The molecule has 0 heterocycles. The van der Waals surface area contributed by atoms with E-state index < -0.39 is 0 Å². The molecule has 0 bridgehead atoms. The van der Waals surface area contributed by atoms with Crippen molar-refractivity contribution in [3.63, 3.8) is 0 Å².